The van der Waals surface area contributed by atoms with E-state index < -0.39 is 16.0 Å². The molecule has 0 aromatic heterocycles. The average Bonchev–Trinajstić information content (AvgIpc) is 2.44. The lowest BCUT2D eigenvalue weighted by molar-refractivity contribution is -0.112. The van der Waals surface area contributed by atoms with Gasteiger partial charge < -0.3 is 10.6 Å². The molecule has 7 nitrogen and oxygen atoms in total. The first-order valence-electron chi connectivity index (χ1n) is 8.00. The van der Waals surface area contributed by atoms with Crippen LogP contribution in [0.1, 0.15) is 41.0 Å². The molecule has 1 aromatic carbocycles. The van der Waals surface area contributed by atoms with Gasteiger partial charge in [-0.2, -0.15) is 13.7 Å². The third-order valence-electron chi connectivity index (χ3n) is 3.35. The zero-order valence-electron chi connectivity index (χ0n) is 15.6. The maximum atomic E-state index is 12.2. The summed E-state index contributed by atoms with van der Waals surface area (Å²) < 4.78 is 31.0. The van der Waals surface area contributed by atoms with Crippen molar-refractivity contribution in [2.75, 3.05) is 5.32 Å². The molecule has 3 N–H and O–H groups in total. The van der Waals surface area contributed by atoms with E-state index in [1.807, 2.05) is 19.9 Å². The Balaban J connectivity index is 2.85. The van der Waals surface area contributed by atoms with Gasteiger partial charge in [0, 0.05) is 17.4 Å². The van der Waals surface area contributed by atoms with Gasteiger partial charge in [-0.1, -0.05) is 20.8 Å². The molecule has 0 spiro atoms. The highest BCUT2D eigenvalue weighted by molar-refractivity contribution is 7.85. The number of nitrogens with one attached hydrogen (secondary N) is 2. The van der Waals surface area contributed by atoms with Crippen molar-refractivity contribution in [3.8, 4) is 6.07 Å². The lowest BCUT2D eigenvalue weighted by Gasteiger charge is -2.33. The number of hydrogen-bond acceptors (Lipinski definition) is 5. The van der Waals surface area contributed by atoms with Crippen molar-refractivity contribution in [2.45, 2.75) is 51.5 Å². The Hall–Kier alpha value is -2.37. The minimum atomic E-state index is -4.30. The number of hydrogen-bond donors (Lipinski definition) is 3. The van der Waals surface area contributed by atoms with Gasteiger partial charge in [0.05, 0.1) is 4.90 Å². The summed E-state index contributed by atoms with van der Waals surface area (Å²) in [7, 11) is -4.30. The van der Waals surface area contributed by atoms with Gasteiger partial charge in [0.1, 0.15) is 11.6 Å². The molecule has 0 aliphatic rings. The van der Waals surface area contributed by atoms with Crippen LogP contribution in [-0.2, 0) is 14.9 Å². The lowest BCUT2D eigenvalue weighted by atomic mass is 9.82. The van der Waals surface area contributed by atoms with Crippen LogP contribution in [0.5, 0.6) is 0 Å². The van der Waals surface area contributed by atoms with Crippen molar-refractivity contribution >= 4 is 21.7 Å². The molecule has 0 bridgehead atoms. The molecule has 0 saturated heterocycles. The lowest BCUT2D eigenvalue weighted by Crippen LogP contribution is -2.39. The summed E-state index contributed by atoms with van der Waals surface area (Å²) in [5.41, 5.74) is -0.0327. The predicted molar refractivity (Wildman–Crippen MR) is 99.9 cm³/mol. The zero-order valence-corrected chi connectivity index (χ0v) is 16.4. The van der Waals surface area contributed by atoms with Crippen molar-refractivity contribution in [2.24, 2.45) is 5.41 Å². The Labute approximate surface area is 154 Å². The predicted octanol–water partition coefficient (Wildman–Crippen LogP) is 3.08. The first-order valence-corrected chi connectivity index (χ1v) is 9.44. The zero-order chi connectivity index (χ0) is 20.2. The first-order chi connectivity index (χ1) is 11.7. The van der Waals surface area contributed by atoms with Crippen LogP contribution in [0.2, 0.25) is 0 Å². The van der Waals surface area contributed by atoms with E-state index in [4.69, 9.17) is 4.55 Å². The largest absolute Gasteiger partial charge is 0.385 e. The molecule has 0 atom stereocenters. The summed E-state index contributed by atoms with van der Waals surface area (Å²) in [4.78, 5) is 11.9. The quantitative estimate of drug-likeness (QED) is 0.397. The normalized spacial score (nSPS) is 13.0. The topological polar surface area (TPSA) is 119 Å². The van der Waals surface area contributed by atoms with Crippen LogP contribution in [0.3, 0.4) is 0 Å². The van der Waals surface area contributed by atoms with Gasteiger partial charge in [0.15, 0.2) is 0 Å². The Kier molecular flexibility index (Phi) is 6.58. The molecule has 1 aromatic rings. The highest BCUT2D eigenvalue weighted by Crippen LogP contribution is 2.26. The molecule has 26 heavy (non-hydrogen) atoms. The Bertz CT molecular complexity index is 827. The average molecular weight is 379 g/mol. The Morgan fingerprint density at radius 3 is 2.15 bits per heavy atom. The van der Waals surface area contributed by atoms with Crippen LogP contribution < -0.4 is 10.6 Å². The monoisotopic (exact) mass is 379 g/mol. The fourth-order valence-electron chi connectivity index (χ4n) is 2.70. The molecule has 0 radical (unpaired) electrons. The summed E-state index contributed by atoms with van der Waals surface area (Å²) >= 11 is 0. The molecule has 8 heteroatoms. The second-order valence-corrected chi connectivity index (χ2v) is 9.31. The van der Waals surface area contributed by atoms with E-state index in [0.29, 0.717) is 5.69 Å². The van der Waals surface area contributed by atoms with Crippen molar-refractivity contribution in [3.05, 3.63) is 36.0 Å². The summed E-state index contributed by atoms with van der Waals surface area (Å²) in [6.07, 6.45) is 2.21. The Morgan fingerprint density at radius 2 is 1.73 bits per heavy atom. The Morgan fingerprint density at radius 1 is 1.19 bits per heavy atom. The molecule has 0 heterocycles. The van der Waals surface area contributed by atoms with Gasteiger partial charge in [-0.25, -0.2) is 0 Å². The van der Waals surface area contributed by atoms with E-state index in [2.05, 4.69) is 31.4 Å². The molecule has 0 aliphatic carbocycles. The molecule has 0 unspecified atom stereocenters. The molecular formula is C18H25N3O4S. The van der Waals surface area contributed by atoms with E-state index in [1.165, 1.54) is 18.3 Å². The highest BCUT2D eigenvalue weighted by Gasteiger charge is 2.24. The molecule has 0 aliphatic heterocycles. The van der Waals surface area contributed by atoms with Gasteiger partial charge >= 0.3 is 0 Å². The smallest absolute Gasteiger partial charge is 0.294 e. The SMILES string of the molecule is CC(C)(C)CC(C)(C)N/C=C(/C#N)C(=O)Nc1ccc(S(=O)(=O)O)cc1. The van der Waals surface area contributed by atoms with Crippen LogP contribution >= 0.6 is 0 Å². The van der Waals surface area contributed by atoms with Crippen molar-refractivity contribution in [3.63, 3.8) is 0 Å². The first kappa shape index (κ1) is 21.7. The molecular weight excluding hydrogens is 354 g/mol. The second kappa shape index (κ2) is 7.89. The summed E-state index contributed by atoms with van der Waals surface area (Å²) in [6.45, 7) is 10.3. The van der Waals surface area contributed by atoms with Crippen LogP contribution in [-0.4, -0.2) is 24.4 Å². The van der Waals surface area contributed by atoms with Gasteiger partial charge in [0.2, 0.25) is 0 Å². The maximum Gasteiger partial charge on any atom is 0.294 e. The van der Waals surface area contributed by atoms with Crippen LogP contribution in [0.15, 0.2) is 40.9 Å². The van der Waals surface area contributed by atoms with Crippen LogP contribution in [0.25, 0.3) is 0 Å². The van der Waals surface area contributed by atoms with Gasteiger partial charge in [-0.15, -0.1) is 0 Å². The number of carbonyl (C=O) groups is 1. The number of carbonyl (C=O) groups excluding carboxylic acids is 1. The summed E-state index contributed by atoms with van der Waals surface area (Å²) in [6, 6.07) is 6.81. The highest BCUT2D eigenvalue weighted by atomic mass is 32.2. The maximum absolute atomic E-state index is 12.2. The van der Waals surface area contributed by atoms with Gasteiger partial charge in [-0.3, -0.25) is 9.35 Å². The summed E-state index contributed by atoms with van der Waals surface area (Å²) in [5.74, 6) is -0.619. The summed E-state index contributed by atoms with van der Waals surface area (Å²) in [5, 5.41) is 14.8. The fourth-order valence-corrected chi connectivity index (χ4v) is 3.18. The number of anilines is 1. The molecule has 0 fully saturated rings. The number of benzene rings is 1. The van der Waals surface area contributed by atoms with Crippen molar-refractivity contribution in [1.29, 1.82) is 5.26 Å². The van der Waals surface area contributed by atoms with E-state index >= 15 is 0 Å². The fraction of sp³-hybridized carbons (Fsp3) is 0.444. The number of nitriles is 1. The van der Waals surface area contributed by atoms with Crippen LogP contribution in [0, 0.1) is 16.7 Å². The molecule has 142 valence electrons. The van der Waals surface area contributed by atoms with Crippen molar-refractivity contribution < 1.29 is 17.8 Å². The standard InChI is InChI=1S/C18H25N3O4S/c1-17(2,3)12-18(4,5)20-11-13(10-19)16(22)21-14-6-8-15(9-7-14)26(23,24)25/h6-9,11,20H,12H2,1-5H3,(H,21,22)(H,23,24,25)/b13-11-. The van der Waals surface area contributed by atoms with E-state index in [0.717, 1.165) is 18.6 Å². The van der Waals surface area contributed by atoms with Gasteiger partial charge in [-0.05, 0) is 49.9 Å². The van der Waals surface area contributed by atoms with Crippen molar-refractivity contribution in [1.82, 2.24) is 5.32 Å². The molecule has 1 rings (SSSR count). The number of nitrogens with zero attached hydrogens (tertiary/aromatic N) is 1. The van der Waals surface area contributed by atoms with E-state index in [9.17, 15) is 18.5 Å². The minimum absolute atomic E-state index is 0.0776. The third kappa shape index (κ3) is 7.25. The molecule has 0 saturated carbocycles. The minimum Gasteiger partial charge on any atom is -0.385 e. The van der Waals surface area contributed by atoms with E-state index in [1.54, 1.807) is 0 Å². The number of rotatable bonds is 6. The third-order valence-corrected chi connectivity index (χ3v) is 4.22. The molecule has 1 amide bonds. The van der Waals surface area contributed by atoms with Crippen LogP contribution in [0.4, 0.5) is 5.69 Å². The second-order valence-electron chi connectivity index (χ2n) is 7.89. The number of amides is 1. The van der Waals surface area contributed by atoms with E-state index in [-0.39, 0.29) is 21.4 Å². The van der Waals surface area contributed by atoms with Gasteiger partial charge in [0.25, 0.3) is 16.0 Å².